The molecular formula is C20H26N2O3. The first kappa shape index (κ1) is 16.4. The molecule has 0 bridgehead atoms. The number of methoxy groups -OCH3 is 1. The predicted molar refractivity (Wildman–Crippen MR) is 94.9 cm³/mol. The number of nitrogens with zero attached hydrogens (tertiary/aromatic N) is 2. The van der Waals surface area contributed by atoms with Gasteiger partial charge in [0.15, 0.2) is 11.5 Å². The van der Waals surface area contributed by atoms with Gasteiger partial charge in [0.1, 0.15) is 0 Å². The normalized spacial score (nSPS) is 18.8. The van der Waals surface area contributed by atoms with Crippen LogP contribution in [-0.2, 0) is 0 Å². The van der Waals surface area contributed by atoms with Crippen LogP contribution in [0.4, 0.5) is 0 Å². The molecule has 2 aliphatic carbocycles. The summed E-state index contributed by atoms with van der Waals surface area (Å²) in [7, 11) is 1.67. The summed E-state index contributed by atoms with van der Waals surface area (Å²) in [5, 5.41) is 4.18. The van der Waals surface area contributed by atoms with Crippen LogP contribution in [0.3, 0.4) is 0 Å². The van der Waals surface area contributed by atoms with Gasteiger partial charge in [-0.05, 0) is 49.8 Å². The molecule has 2 aliphatic rings. The molecule has 0 aliphatic heterocycles. The molecule has 0 atom stereocenters. The van der Waals surface area contributed by atoms with E-state index >= 15 is 0 Å². The third-order valence-electron chi connectivity index (χ3n) is 5.52. The molecule has 0 N–H and O–H groups in total. The van der Waals surface area contributed by atoms with Crippen molar-refractivity contribution in [1.82, 2.24) is 10.1 Å². The largest absolute Gasteiger partial charge is 0.493 e. The zero-order chi connectivity index (χ0) is 17.1. The van der Waals surface area contributed by atoms with Crippen molar-refractivity contribution in [3.05, 3.63) is 24.1 Å². The summed E-state index contributed by atoms with van der Waals surface area (Å²) in [5.41, 5.74) is 0.902. The van der Waals surface area contributed by atoms with Crippen LogP contribution >= 0.6 is 0 Å². The van der Waals surface area contributed by atoms with E-state index in [1.807, 2.05) is 18.2 Å². The van der Waals surface area contributed by atoms with E-state index in [0.29, 0.717) is 17.7 Å². The second-order valence-corrected chi connectivity index (χ2v) is 7.26. The van der Waals surface area contributed by atoms with Gasteiger partial charge in [0.05, 0.1) is 13.7 Å². The molecule has 1 aromatic carbocycles. The molecular weight excluding hydrogens is 316 g/mol. The summed E-state index contributed by atoms with van der Waals surface area (Å²) in [6, 6.07) is 5.86. The molecule has 0 amide bonds. The molecule has 25 heavy (non-hydrogen) atoms. The Morgan fingerprint density at radius 2 is 1.88 bits per heavy atom. The Morgan fingerprint density at radius 1 is 1.04 bits per heavy atom. The molecule has 0 unspecified atom stereocenters. The molecule has 1 heterocycles. The van der Waals surface area contributed by atoms with E-state index in [0.717, 1.165) is 42.4 Å². The molecule has 4 rings (SSSR count). The second kappa shape index (κ2) is 7.46. The van der Waals surface area contributed by atoms with Crippen LogP contribution in [0, 0.1) is 5.92 Å². The van der Waals surface area contributed by atoms with Gasteiger partial charge in [-0.25, -0.2) is 0 Å². The van der Waals surface area contributed by atoms with E-state index in [9.17, 15) is 0 Å². The molecule has 5 heteroatoms. The van der Waals surface area contributed by atoms with Crippen molar-refractivity contribution in [2.45, 2.75) is 57.3 Å². The number of aromatic nitrogens is 2. The predicted octanol–water partition coefficient (Wildman–Crippen LogP) is 4.97. The van der Waals surface area contributed by atoms with Crippen molar-refractivity contribution in [3.8, 4) is 22.9 Å². The standard InChI is InChI=1S/C20H26N2O3/c1-23-18-12-16(10-11-17(18)24-13-14-6-5-7-14)19-21-20(25-22-19)15-8-3-2-4-9-15/h10-12,14-15H,2-9,13H2,1H3. The fourth-order valence-corrected chi connectivity index (χ4v) is 3.66. The smallest absolute Gasteiger partial charge is 0.230 e. The van der Waals surface area contributed by atoms with E-state index in [1.165, 1.54) is 38.5 Å². The maximum Gasteiger partial charge on any atom is 0.230 e. The molecule has 2 fully saturated rings. The van der Waals surface area contributed by atoms with Crippen LogP contribution in [0.25, 0.3) is 11.4 Å². The quantitative estimate of drug-likeness (QED) is 0.741. The van der Waals surface area contributed by atoms with Gasteiger partial charge in [-0.15, -0.1) is 0 Å². The number of hydrogen-bond acceptors (Lipinski definition) is 5. The highest BCUT2D eigenvalue weighted by atomic mass is 16.5. The fraction of sp³-hybridized carbons (Fsp3) is 0.600. The maximum absolute atomic E-state index is 5.93. The highest BCUT2D eigenvalue weighted by molar-refractivity contribution is 5.60. The minimum absolute atomic E-state index is 0.418. The highest BCUT2D eigenvalue weighted by Gasteiger charge is 2.23. The Kier molecular flexibility index (Phi) is 4.90. The van der Waals surface area contributed by atoms with E-state index in [4.69, 9.17) is 14.0 Å². The maximum atomic E-state index is 5.93. The second-order valence-electron chi connectivity index (χ2n) is 7.26. The van der Waals surface area contributed by atoms with Gasteiger partial charge >= 0.3 is 0 Å². The van der Waals surface area contributed by atoms with Gasteiger partial charge in [-0.2, -0.15) is 4.98 Å². The lowest BCUT2D eigenvalue weighted by Crippen LogP contribution is -2.19. The van der Waals surface area contributed by atoms with Crippen LogP contribution in [0.1, 0.15) is 63.2 Å². The Labute approximate surface area is 148 Å². The highest BCUT2D eigenvalue weighted by Crippen LogP contribution is 2.35. The van der Waals surface area contributed by atoms with Crippen molar-refractivity contribution in [3.63, 3.8) is 0 Å². The van der Waals surface area contributed by atoms with E-state index in [-0.39, 0.29) is 0 Å². The molecule has 5 nitrogen and oxygen atoms in total. The van der Waals surface area contributed by atoms with Crippen molar-refractivity contribution in [1.29, 1.82) is 0 Å². The summed E-state index contributed by atoms with van der Waals surface area (Å²) in [6.07, 6.45) is 9.99. The zero-order valence-corrected chi connectivity index (χ0v) is 14.9. The summed E-state index contributed by atoms with van der Waals surface area (Å²) in [5.74, 6) is 4.03. The average Bonchev–Trinajstić information content (AvgIpc) is 3.11. The number of hydrogen-bond donors (Lipinski definition) is 0. The van der Waals surface area contributed by atoms with E-state index in [2.05, 4.69) is 10.1 Å². The first-order valence-corrected chi connectivity index (χ1v) is 9.48. The van der Waals surface area contributed by atoms with Gasteiger partial charge in [0, 0.05) is 11.5 Å². The van der Waals surface area contributed by atoms with Crippen LogP contribution < -0.4 is 9.47 Å². The lowest BCUT2D eigenvalue weighted by molar-refractivity contribution is 0.176. The Hall–Kier alpha value is -2.04. The third kappa shape index (κ3) is 3.65. The van der Waals surface area contributed by atoms with Gasteiger partial charge in [0.25, 0.3) is 0 Å². The average molecular weight is 342 g/mol. The van der Waals surface area contributed by atoms with Crippen molar-refractivity contribution in [2.24, 2.45) is 5.92 Å². The number of benzene rings is 1. The SMILES string of the molecule is COc1cc(-c2noc(C3CCCCC3)n2)ccc1OCC1CCC1. The third-order valence-corrected chi connectivity index (χ3v) is 5.52. The summed E-state index contributed by atoms with van der Waals surface area (Å²) < 4.78 is 17.0. The minimum atomic E-state index is 0.418. The van der Waals surface area contributed by atoms with Crippen LogP contribution in [0.15, 0.2) is 22.7 Å². The minimum Gasteiger partial charge on any atom is -0.493 e. The molecule has 0 radical (unpaired) electrons. The van der Waals surface area contributed by atoms with Crippen molar-refractivity contribution in [2.75, 3.05) is 13.7 Å². The Morgan fingerprint density at radius 3 is 2.60 bits per heavy atom. The number of rotatable bonds is 6. The van der Waals surface area contributed by atoms with Gasteiger partial charge in [0.2, 0.25) is 11.7 Å². The lowest BCUT2D eigenvalue weighted by atomic mass is 9.86. The molecule has 0 spiro atoms. The monoisotopic (exact) mass is 342 g/mol. The summed E-state index contributed by atoms with van der Waals surface area (Å²) in [6.45, 7) is 0.768. The van der Waals surface area contributed by atoms with Crippen molar-refractivity contribution >= 4 is 0 Å². The van der Waals surface area contributed by atoms with Gasteiger partial charge < -0.3 is 14.0 Å². The van der Waals surface area contributed by atoms with E-state index < -0.39 is 0 Å². The molecule has 0 saturated heterocycles. The van der Waals surface area contributed by atoms with Crippen molar-refractivity contribution < 1.29 is 14.0 Å². The Balaban J connectivity index is 1.48. The van der Waals surface area contributed by atoms with Gasteiger partial charge in [-0.1, -0.05) is 30.8 Å². The van der Waals surface area contributed by atoms with Gasteiger partial charge in [-0.3, -0.25) is 0 Å². The summed E-state index contributed by atoms with van der Waals surface area (Å²) in [4.78, 5) is 4.63. The first-order chi connectivity index (χ1) is 12.3. The Bertz CT molecular complexity index is 703. The first-order valence-electron chi connectivity index (χ1n) is 9.48. The molecule has 2 saturated carbocycles. The molecule has 134 valence electrons. The molecule has 2 aromatic rings. The van der Waals surface area contributed by atoms with Crippen LogP contribution in [0.5, 0.6) is 11.5 Å². The zero-order valence-electron chi connectivity index (χ0n) is 14.9. The lowest BCUT2D eigenvalue weighted by Gasteiger charge is -2.25. The van der Waals surface area contributed by atoms with Crippen LogP contribution in [-0.4, -0.2) is 23.9 Å². The van der Waals surface area contributed by atoms with Crippen LogP contribution in [0.2, 0.25) is 0 Å². The number of ether oxygens (including phenoxy) is 2. The fourth-order valence-electron chi connectivity index (χ4n) is 3.66. The summed E-state index contributed by atoms with van der Waals surface area (Å²) >= 11 is 0. The van der Waals surface area contributed by atoms with E-state index in [1.54, 1.807) is 7.11 Å². The molecule has 1 aromatic heterocycles. The topological polar surface area (TPSA) is 57.4 Å².